The van der Waals surface area contributed by atoms with E-state index in [2.05, 4.69) is 41.9 Å². The third kappa shape index (κ3) is 7.32. The Balaban J connectivity index is 1.86. The predicted octanol–water partition coefficient (Wildman–Crippen LogP) is 4.45. The van der Waals surface area contributed by atoms with E-state index in [-0.39, 0.29) is 30.2 Å². The number of hydrogen-bond acceptors (Lipinski definition) is 4. The molecule has 162 valence electrons. The fourth-order valence-electron chi connectivity index (χ4n) is 3.71. The van der Waals surface area contributed by atoms with E-state index in [4.69, 9.17) is 16.3 Å². The first-order valence-corrected chi connectivity index (χ1v) is 11.2. The molecule has 0 fully saturated rings. The van der Waals surface area contributed by atoms with Gasteiger partial charge in [0.2, 0.25) is 5.91 Å². The van der Waals surface area contributed by atoms with Crippen LogP contribution < -0.4 is 16.0 Å². The average molecular weight is 422 g/mol. The van der Waals surface area contributed by atoms with Crippen LogP contribution in [-0.2, 0) is 9.53 Å². The monoisotopic (exact) mass is 421 g/mol. The first-order chi connectivity index (χ1) is 14.0. The Hall–Kier alpha value is -1.56. The summed E-state index contributed by atoms with van der Waals surface area (Å²) in [5.41, 5.74) is 2.15. The van der Waals surface area contributed by atoms with Gasteiger partial charge >= 0.3 is 0 Å². The molecule has 5 nitrogen and oxygen atoms in total. The van der Waals surface area contributed by atoms with Crippen LogP contribution >= 0.6 is 11.6 Å². The van der Waals surface area contributed by atoms with Gasteiger partial charge in [0.25, 0.3) is 0 Å². The van der Waals surface area contributed by atoms with Crippen molar-refractivity contribution in [3.8, 4) is 0 Å². The highest BCUT2D eigenvalue weighted by Crippen LogP contribution is 2.23. The fraction of sp³-hybridized carbons (Fsp3) is 0.609. The second kappa shape index (κ2) is 12.2. The molecule has 0 saturated heterocycles. The van der Waals surface area contributed by atoms with Crippen LogP contribution in [-0.4, -0.2) is 43.3 Å². The molecule has 2 rings (SSSR count). The number of carbonyl (C=O) groups excluding carboxylic acids is 1. The zero-order valence-corrected chi connectivity index (χ0v) is 18.9. The van der Waals surface area contributed by atoms with Crippen LogP contribution in [0.25, 0.3) is 0 Å². The van der Waals surface area contributed by atoms with E-state index in [1.807, 2.05) is 25.1 Å². The summed E-state index contributed by atoms with van der Waals surface area (Å²) in [6.07, 6.45) is 8.18. The molecule has 0 heterocycles. The normalized spacial score (nSPS) is 21.4. The molecule has 1 aliphatic rings. The van der Waals surface area contributed by atoms with Crippen molar-refractivity contribution in [1.82, 2.24) is 10.6 Å². The highest BCUT2D eigenvalue weighted by molar-refractivity contribution is 6.31. The van der Waals surface area contributed by atoms with Crippen LogP contribution in [0.5, 0.6) is 0 Å². The number of hydrogen-bond donors (Lipinski definition) is 3. The summed E-state index contributed by atoms with van der Waals surface area (Å²) in [6.45, 7) is 9.58. The van der Waals surface area contributed by atoms with Crippen LogP contribution in [0.3, 0.4) is 0 Å². The minimum atomic E-state index is -0.0951. The van der Waals surface area contributed by atoms with Crippen LogP contribution in [0.2, 0.25) is 5.02 Å². The lowest BCUT2D eigenvalue weighted by atomic mass is 9.92. The summed E-state index contributed by atoms with van der Waals surface area (Å²) in [5, 5.41) is 11.0. The van der Waals surface area contributed by atoms with Gasteiger partial charge in [-0.25, -0.2) is 0 Å². The van der Waals surface area contributed by atoms with E-state index in [0.717, 1.165) is 55.0 Å². The summed E-state index contributed by atoms with van der Waals surface area (Å²) in [4.78, 5) is 11.8. The maximum Gasteiger partial charge on any atom is 0.217 e. The third-order valence-corrected chi connectivity index (χ3v) is 5.89. The predicted molar refractivity (Wildman–Crippen MR) is 122 cm³/mol. The number of nitrogens with one attached hydrogen (secondary N) is 3. The van der Waals surface area contributed by atoms with Gasteiger partial charge in [-0.15, -0.1) is 0 Å². The van der Waals surface area contributed by atoms with Gasteiger partial charge in [0.15, 0.2) is 0 Å². The first kappa shape index (κ1) is 23.7. The van der Waals surface area contributed by atoms with Crippen LogP contribution in [0.1, 0.15) is 52.0 Å². The van der Waals surface area contributed by atoms with Gasteiger partial charge in [-0.3, -0.25) is 4.79 Å². The molecule has 3 N–H and O–H groups in total. The van der Waals surface area contributed by atoms with E-state index < -0.39 is 0 Å². The minimum Gasteiger partial charge on any atom is -0.385 e. The third-order valence-electron chi connectivity index (χ3n) is 5.48. The number of carbonyl (C=O) groups is 1. The van der Waals surface area contributed by atoms with Gasteiger partial charge in [0.05, 0.1) is 18.2 Å². The molecular formula is C23H36ClN3O2. The largest absolute Gasteiger partial charge is 0.385 e. The van der Waals surface area contributed by atoms with Crippen LogP contribution in [0, 0.1) is 6.92 Å². The average Bonchev–Trinajstić information content (AvgIpc) is 2.70. The lowest BCUT2D eigenvalue weighted by molar-refractivity contribution is -0.121. The maximum atomic E-state index is 11.8. The Morgan fingerprint density at radius 2 is 2.03 bits per heavy atom. The van der Waals surface area contributed by atoms with Crippen molar-refractivity contribution < 1.29 is 9.53 Å². The molecule has 0 aliphatic heterocycles. The van der Waals surface area contributed by atoms with E-state index in [1.54, 1.807) is 6.92 Å². The molecule has 0 unspecified atom stereocenters. The van der Waals surface area contributed by atoms with Gasteiger partial charge < -0.3 is 20.7 Å². The summed E-state index contributed by atoms with van der Waals surface area (Å²) in [6, 6.07) is 6.02. The number of anilines is 1. The number of ether oxygens (including phenoxy) is 1. The van der Waals surface area contributed by atoms with Crippen molar-refractivity contribution in [2.24, 2.45) is 0 Å². The molecule has 1 amide bonds. The number of amides is 1. The minimum absolute atomic E-state index is 0.0201. The molecule has 0 saturated carbocycles. The van der Waals surface area contributed by atoms with E-state index in [0.29, 0.717) is 0 Å². The fourth-order valence-corrected chi connectivity index (χ4v) is 3.89. The quantitative estimate of drug-likeness (QED) is 0.365. The van der Waals surface area contributed by atoms with Crippen molar-refractivity contribution in [2.75, 3.05) is 18.4 Å². The van der Waals surface area contributed by atoms with Crippen molar-refractivity contribution in [2.45, 2.75) is 77.7 Å². The second-order valence-corrected chi connectivity index (χ2v) is 8.09. The van der Waals surface area contributed by atoms with Crippen molar-refractivity contribution in [1.29, 1.82) is 0 Å². The molecule has 0 radical (unpaired) electrons. The molecule has 6 heteroatoms. The Morgan fingerprint density at radius 3 is 2.72 bits per heavy atom. The van der Waals surface area contributed by atoms with Gasteiger partial charge in [-0.1, -0.05) is 43.7 Å². The molecule has 0 spiro atoms. The Kier molecular flexibility index (Phi) is 9.98. The zero-order chi connectivity index (χ0) is 21.2. The molecule has 0 bridgehead atoms. The van der Waals surface area contributed by atoms with Gasteiger partial charge in [-0.2, -0.15) is 0 Å². The lowest BCUT2D eigenvalue weighted by Crippen LogP contribution is -2.57. The molecule has 1 aromatic rings. The van der Waals surface area contributed by atoms with E-state index in [1.165, 1.54) is 0 Å². The molecule has 3 atom stereocenters. The van der Waals surface area contributed by atoms with E-state index >= 15 is 0 Å². The SMILES string of the molecule is CCC(CC)O[C@@H]1C=CC[C@H](NCCCNc2cccc(Cl)c2C)[C@H]1NC(C)=O. The zero-order valence-electron chi connectivity index (χ0n) is 18.1. The van der Waals surface area contributed by atoms with Crippen molar-refractivity contribution in [3.63, 3.8) is 0 Å². The van der Waals surface area contributed by atoms with Crippen molar-refractivity contribution >= 4 is 23.2 Å². The summed E-state index contributed by atoms with van der Waals surface area (Å²) >= 11 is 6.18. The molecule has 1 aromatic carbocycles. The molecule has 29 heavy (non-hydrogen) atoms. The summed E-state index contributed by atoms with van der Waals surface area (Å²) in [7, 11) is 0. The van der Waals surface area contributed by atoms with Crippen LogP contribution in [0.4, 0.5) is 5.69 Å². The smallest absolute Gasteiger partial charge is 0.217 e. The lowest BCUT2D eigenvalue weighted by Gasteiger charge is -2.37. The van der Waals surface area contributed by atoms with Crippen LogP contribution in [0.15, 0.2) is 30.4 Å². The topological polar surface area (TPSA) is 62.4 Å². The Bertz CT molecular complexity index is 676. The highest BCUT2D eigenvalue weighted by Gasteiger charge is 2.32. The number of halogens is 1. The van der Waals surface area contributed by atoms with Gasteiger partial charge in [0, 0.05) is 30.2 Å². The summed E-state index contributed by atoms with van der Waals surface area (Å²) < 4.78 is 6.28. The molecule has 1 aliphatic carbocycles. The first-order valence-electron chi connectivity index (χ1n) is 10.8. The Labute approximate surface area is 180 Å². The molecular weight excluding hydrogens is 386 g/mol. The van der Waals surface area contributed by atoms with Gasteiger partial charge in [-0.05, 0) is 56.8 Å². The molecule has 0 aromatic heterocycles. The Morgan fingerprint density at radius 1 is 1.28 bits per heavy atom. The second-order valence-electron chi connectivity index (χ2n) is 7.68. The van der Waals surface area contributed by atoms with Crippen molar-refractivity contribution in [3.05, 3.63) is 40.9 Å². The van der Waals surface area contributed by atoms with E-state index in [9.17, 15) is 4.79 Å². The summed E-state index contributed by atoms with van der Waals surface area (Å²) in [5.74, 6) is -0.0201. The van der Waals surface area contributed by atoms with Gasteiger partial charge in [0.1, 0.15) is 0 Å². The number of benzene rings is 1. The standard InChI is InChI=1S/C23H36ClN3O2/c1-5-18(6-2)29-22-13-8-12-21(23(22)27-17(4)28)26-15-9-14-25-20-11-7-10-19(24)16(20)3/h7-8,10-11,13,18,21-23,25-26H,5-6,9,12,14-15H2,1-4H3,(H,27,28)/t21-,22+,23+/m0/s1. The maximum absolute atomic E-state index is 11.8. The number of rotatable bonds is 11. The highest BCUT2D eigenvalue weighted by atomic mass is 35.5.